The number of nitrogens with zero attached hydrogens (tertiary/aromatic N) is 2. The third kappa shape index (κ3) is 2.35. The van der Waals surface area contributed by atoms with Crippen LogP contribution < -0.4 is 0 Å². The molecule has 0 fully saturated rings. The zero-order valence-corrected chi connectivity index (χ0v) is 12.0. The van der Waals surface area contributed by atoms with Crippen molar-refractivity contribution in [2.24, 2.45) is 0 Å². The van der Waals surface area contributed by atoms with Crippen LogP contribution in [0.5, 0.6) is 0 Å². The molecule has 0 saturated heterocycles. The lowest BCUT2D eigenvalue weighted by atomic mass is 10.0. The van der Waals surface area contributed by atoms with Gasteiger partial charge in [-0.3, -0.25) is 0 Å². The molecule has 0 saturated carbocycles. The number of benzene rings is 3. The molecule has 22 heavy (non-hydrogen) atoms. The summed E-state index contributed by atoms with van der Waals surface area (Å²) >= 11 is 0. The lowest BCUT2D eigenvalue weighted by Crippen LogP contribution is -1.89. The molecule has 1 aromatic heterocycles. The quantitative estimate of drug-likeness (QED) is 0.519. The molecular weight excluding hydrogens is 268 g/mol. The van der Waals surface area contributed by atoms with Crippen LogP contribution in [-0.2, 0) is 0 Å². The Morgan fingerprint density at radius 1 is 0.500 bits per heavy atom. The van der Waals surface area contributed by atoms with Gasteiger partial charge in [-0.1, -0.05) is 66.7 Å². The zero-order chi connectivity index (χ0) is 14.8. The molecule has 0 atom stereocenters. The fraction of sp³-hybridized carbons (Fsp3) is 0. The van der Waals surface area contributed by atoms with Gasteiger partial charge in [-0.15, -0.1) is 0 Å². The summed E-state index contributed by atoms with van der Waals surface area (Å²) in [6.07, 6.45) is 1.63. The summed E-state index contributed by atoms with van der Waals surface area (Å²) in [6.45, 7) is 0. The van der Waals surface area contributed by atoms with Gasteiger partial charge in [0.05, 0.1) is 11.4 Å². The molecule has 0 aliphatic rings. The van der Waals surface area contributed by atoms with E-state index in [1.165, 1.54) is 10.8 Å². The number of fused-ring (bicyclic) bond motifs is 1. The highest BCUT2D eigenvalue weighted by atomic mass is 14.8. The highest BCUT2D eigenvalue weighted by Crippen LogP contribution is 2.25. The van der Waals surface area contributed by atoms with E-state index in [-0.39, 0.29) is 0 Å². The summed E-state index contributed by atoms with van der Waals surface area (Å²) in [6, 6.07) is 27.0. The van der Waals surface area contributed by atoms with Gasteiger partial charge in [0.15, 0.2) is 0 Å². The highest BCUT2D eigenvalue weighted by molar-refractivity contribution is 5.87. The topological polar surface area (TPSA) is 25.8 Å². The normalized spacial score (nSPS) is 10.7. The van der Waals surface area contributed by atoms with Crippen LogP contribution >= 0.6 is 0 Å². The van der Waals surface area contributed by atoms with Gasteiger partial charge >= 0.3 is 0 Å². The van der Waals surface area contributed by atoms with Crippen LogP contribution in [0.3, 0.4) is 0 Å². The number of aromatic nitrogens is 2. The molecule has 4 aromatic rings. The molecule has 0 unspecified atom stereocenters. The lowest BCUT2D eigenvalue weighted by molar-refractivity contribution is 1.18. The van der Waals surface area contributed by atoms with Crippen molar-refractivity contribution >= 4 is 10.8 Å². The largest absolute Gasteiger partial charge is 0.236 e. The smallest absolute Gasteiger partial charge is 0.116 e. The molecule has 0 bridgehead atoms. The first-order valence-corrected chi connectivity index (χ1v) is 7.27. The van der Waals surface area contributed by atoms with E-state index in [2.05, 4.69) is 64.6 Å². The first-order chi connectivity index (χ1) is 10.9. The van der Waals surface area contributed by atoms with Gasteiger partial charge in [-0.25, -0.2) is 9.97 Å². The summed E-state index contributed by atoms with van der Waals surface area (Å²) < 4.78 is 0. The SMILES string of the molecule is c1ccc(-c2cc(-c3ccc4ccccc4c3)ncn2)cc1. The van der Waals surface area contributed by atoms with Gasteiger partial charge < -0.3 is 0 Å². The Morgan fingerprint density at radius 2 is 1.18 bits per heavy atom. The van der Waals surface area contributed by atoms with Gasteiger partial charge in [-0.2, -0.15) is 0 Å². The van der Waals surface area contributed by atoms with E-state index in [0.29, 0.717) is 0 Å². The van der Waals surface area contributed by atoms with Crippen molar-refractivity contribution in [1.29, 1.82) is 0 Å². The zero-order valence-electron chi connectivity index (χ0n) is 12.0. The van der Waals surface area contributed by atoms with E-state index >= 15 is 0 Å². The molecule has 0 amide bonds. The van der Waals surface area contributed by atoms with Gasteiger partial charge in [-0.05, 0) is 22.9 Å². The van der Waals surface area contributed by atoms with Crippen LogP contribution in [0, 0.1) is 0 Å². The van der Waals surface area contributed by atoms with Crippen LogP contribution in [0.2, 0.25) is 0 Å². The molecule has 1 heterocycles. The standard InChI is InChI=1S/C20H14N2/c1-2-7-16(8-3-1)19-13-20(22-14-21-19)18-11-10-15-6-4-5-9-17(15)12-18/h1-14H. The maximum Gasteiger partial charge on any atom is 0.116 e. The average molecular weight is 282 g/mol. The highest BCUT2D eigenvalue weighted by Gasteiger charge is 2.04. The van der Waals surface area contributed by atoms with Gasteiger partial charge in [0.2, 0.25) is 0 Å². The van der Waals surface area contributed by atoms with Gasteiger partial charge in [0.25, 0.3) is 0 Å². The Kier molecular flexibility index (Phi) is 3.13. The Hall–Kier alpha value is -3.00. The van der Waals surface area contributed by atoms with E-state index < -0.39 is 0 Å². The van der Waals surface area contributed by atoms with Gasteiger partial charge in [0.1, 0.15) is 6.33 Å². The maximum atomic E-state index is 4.43. The fourth-order valence-electron chi connectivity index (χ4n) is 2.63. The number of rotatable bonds is 2. The fourth-order valence-corrected chi connectivity index (χ4v) is 2.63. The van der Waals surface area contributed by atoms with Crippen molar-refractivity contribution in [2.45, 2.75) is 0 Å². The molecule has 104 valence electrons. The molecule has 0 N–H and O–H groups in total. The molecule has 4 rings (SSSR count). The van der Waals surface area contributed by atoms with E-state index in [0.717, 1.165) is 22.5 Å². The van der Waals surface area contributed by atoms with Crippen LogP contribution in [0.4, 0.5) is 0 Å². The van der Waals surface area contributed by atoms with Crippen LogP contribution in [0.1, 0.15) is 0 Å². The van der Waals surface area contributed by atoms with Crippen molar-refractivity contribution in [3.63, 3.8) is 0 Å². The third-order valence-electron chi connectivity index (χ3n) is 3.78. The first kappa shape index (κ1) is 12.7. The number of hydrogen-bond acceptors (Lipinski definition) is 2. The van der Waals surface area contributed by atoms with E-state index in [1.807, 2.05) is 24.3 Å². The summed E-state index contributed by atoms with van der Waals surface area (Å²) in [5, 5.41) is 2.46. The molecule has 2 heteroatoms. The average Bonchev–Trinajstić information content (AvgIpc) is 2.62. The predicted molar refractivity (Wildman–Crippen MR) is 90.4 cm³/mol. The van der Waals surface area contributed by atoms with Crippen molar-refractivity contribution in [1.82, 2.24) is 9.97 Å². The van der Waals surface area contributed by atoms with Crippen molar-refractivity contribution < 1.29 is 0 Å². The molecule has 0 radical (unpaired) electrons. The summed E-state index contributed by atoms with van der Waals surface area (Å²) in [7, 11) is 0. The predicted octanol–water partition coefficient (Wildman–Crippen LogP) is 4.96. The van der Waals surface area contributed by atoms with Crippen LogP contribution in [-0.4, -0.2) is 9.97 Å². The Labute approximate surface area is 129 Å². The summed E-state index contributed by atoms with van der Waals surface area (Å²) in [5.74, 6) is 0. The first-order valence-electron chi connectivity index (χ1n) is 7.27. The second-order valence-corrected chi connectivity index (χ2v) is 5.22. The molecule has 2 nitrogen and oxygen atoms in total. The Bertz CT molecular complexity index is 930. The lowest BCUT2D eigenvalue weighted by Gasteiger charge is -2.06. The maximum absolute atomic E-state index is 4.43. The van der Waals surface area contributed by atoms with Crippen molar-refractivity contribution in [3.05, 3.63) is 85.2 Å². The minimum absolute atomic E-state index is 0.943. The molecule has 3 aromatic carbocycles. The van der Waals surface area contributed by atoms with E-state index in [9.17, 15) is 0 Å². The van der Waals surface area contributed by atoms with Crippen LogP contribution in [0.15, 0.2) is 85.2 Å². The van der Waals surface area contributed by atoms with Crippen molar-refractivity contribution in [3.8, 4) is 22.5 Å². The third-order valence-corrected chi connectivity index (χ3v) is 3.78. The molecule has 0 aliphatic heterocycles. The minimum atomic E-state index is 0.943. The van der Waals surface area contributed by atoms with Gasteiger partial charge in [0, 0.05) is 11.1 Å². The Morgan fingerprint density at radius 3 is 2.00 bits per heavy atom. The summed E-state index contributed by atoms with van der Waals surface area (Å²) in [5.41, 5.74) is 4.10. The van der Waals surface area contributed by atoms with E-state index in [4.69, 9.17) is 0 Å². The monoisotopic (exact) mass is 282 g/mol. The number of hydrogen-bond donors (Lipinski definition) is 0. The van der Waals surface area contributed by atoms with Crippen molar-refractivity contribution in [2.75, 3.05) is 0 Å². The van der Waals surface area contributed by atoms with E-state index in [1.54, 1.807) is 6.33 Å². The second kappa shape index (κ2) is 5.41. The molecule has 0 aliphatic carbocycles. The Balaban J connectivity index is 1.81. The molecular formula is C20H14N2. The summed E-state index contributed by atoms with van der Waals surface area (Å²) in [4.78, 5) is 8.82. The minimum Gasteiger partial charge on any atom is -0.236 e. The second-order valence-electron chi connectivity index (χ2n) is 5.22. The van der Waals surface area contributed by atoms with Crippen LogP contribution in [0.25, 0.3) is 33.3 Å². The molecule has 0 spiro atoms.